The first-order chi connectivity index (χ1) is 19.0. The summed E-state index contributed by atoms with van der Waals surface area (Å²) in [5.74, 6) is 0.506. The van der Waals surface area contributed by atoms with Crippen molar-refractivity contribution in [1.82, 2.24) is 14.7 Å². The number of thioether (sulfide) groups is 1. The van der Waals surface area contributed by atoms with Gasteiger partial charge in [-0.1, -0.05) is 66.2 Å². The van der Waals surface area contributed by atoms with E-state index in [2.05, 4.69) is 72.3 Å². The molecule has 1 saturated heterocycles. The molecule has 1 aromatic heterocycles. The van der Waals surface area contributed by atoms with E-state index >= 15 is 0 Å². The topological polar surface area (TPSA) is 50.5 Å². The Balaban J connectivity index is 1.23. The number of amidine groups is 1. The van der Waals surface area contributed by atoms with Crippen molar-refractivity contribution in [3.63, 3.8) is 0 Å². The predicted molar refractivity (Wildman–Crippen MR) is 161 cm³/mol. The molecule has 6 rings (SSSR count). The number of aryl methyl sites for hydroxylation is 2. The van der Waals surface area contributed by atoms with E-state index in [4.69, 9.17) is 5.10 Å². The van der Waals surface area contributed by atoms with Gasteiger partial charge in [0.25, 0.3) is 5.91 Å². The largest absolute Gasteiger partial charge is 0.351 e. The molecule has 0 saturated carbocycles. The van der Waals surface area contributed by atoms with Crippen LogP contribution >= 0.6 is 11.8 Å². The number of aliphatic imine (C=N–C) groups is 1. The van der Waals surface area contributed by atoms with Crippen molar-refractivity contribution < 1.29 is 4.79 Å². The van der Waals surface area contributed by atoms with Crippen LogP contribution in [0.25, 0.3) is 23.0 Å². The molecule has 1 amide bonds. The minimum absolute atomic E-state index is 0.166. The molecule has 196 valence electrons. The number of likely N-dealkylation sites (tertiary alicyclic amines) is 1. The Bertz CT molecular complexity index is 1550. The standard InChI is InChI=1S/C33H32N4OS/c1-23-13-14-24(2)29(19-23)31-27(22-37(35-31)28-11-7-4-8-12-28)21-30-32(38)34-33(39-30)36-17-15-26(16-18-36)20-25-9-5-3-6-10-25/h3-14,19,21-22,26H,15-18,20H2,1-2H3/b30-21-. The van der Waals surface area contributed by atoms with Crippen molar-refractivity contribution in [2.24, 2.45) is 10.9 Å². The summed E-state index contributed by atoms with van der Waals surface area (Å²) < 4.78 is 1.90. The maximum Gasteiger partial charge on any atom is 0.286 e. The van der Waals surface area contributed by atoms with Crippen molar-refractivity contribution in [2.45, 2.75) is 33.1 Å². The molecular formula is C33H32N4OS. The molecule has 3 heterocycles. The molecule has 0 aliphatic carbocycles. The van der Waals surface area contributed by atoms with Crippen LogP contribution in [0.15, 0.2) is 95.0 Å². The van der Waals surface area contributed by atoms with Crippen LogP contribution in [0.1, 0.15) is 35.1 Å². The third-order valence-corrected chi connectivity index (χ3v) is 8.60. The zero-order chi connectivity index (χ0) is 26.8. The number of nitrogens with zero attached hydrogens (tertiary/aromatic N) is 4. The molecule has 0 atom stereocenters. The lowest BCUT2D eigenvalue weighted by Crippen LogP contribution is -2.37. The zero-order valence-corrected chi connectivity index (χ0v) is 23.2. The highest BCUT2D eigenvalue weighted by Gasteiger charge is 2.29. The predicted octanol–water partition coefficient (Wildman–Crippen LogP) is 7.08. The summed E-state index contributed by atoms with van der Waals surface area (Å²) in [7, 11) is 0. The Kier molecular flexibility index (Phi) is 7.20. The number of hydrogen-bond donors (Lipinski definition) is 0. The molecule has 0 bridgehead atoms. The third kappa shape index (κ3) is 5.62. The third-order valence-electron chi connectivity index (χ3n) is 7.56. The molecular weight excluding hydrogens is 500 g/mol. The lowest BCUT2D eigenvalue weighted by atomic mass is 9.90. The molecule has 0 unspecified atom stereocenters. The van der Waals surface area contributed by atoms with Gasteiger partial charge in [0.2, 0.25) is 0 Å². The number of para-hydroxylation sites is 1. The lowest BCUT2D eigenvalue weighted by Gasteiger charge is -2.32. The summed E-state index contributed by atoms with van der Waals surface area (Å²) in [5.41, 5.74) is 7.58. The fraction of sp³-hybridized carbons (Fsp3) is 0.242. The van der Waals surface area contributed by atoms with Gasteiger partial charge in [0.05, 0.1) is 10.6 Å². The summed E-state index contributed by atoms with van der Waals surface area (Å²) in [6.07, 6.45) is 7.32. The quantitative estimate of drug-likeness (QED) is 0.258. The SMILES string of the molecule is Cc1ccc(C)c(-c2nn(-c3ccccc3)cc2/C=C2\SC(N3CCC(Cc4ccccc4)CC3)=NC2=O)c1. The van der Waals surface area contributed by atoms with Crippen LogP contribution < -0.4 is 0 Å². The van der Waals surface area contributed by atoms with Crippen molar-refractivity contribution >= 4 is 28.9 Å². The first kappa shape index (κ1) is 25.4. The molecule has 0 radical (unpaired) electrons. The Hall–Kier alpha value is -3.90. The Morgan fingerprint density at radius 2 is 1.67 bits per heavy atom. The van der Waals surface area contributed by atoms with Crippen molar-refractivity contribution in [2.75, 3.05) is 13.1 Å². The molecule has 3 aromatic carbocycles. The number of carbonyl (C=O) groups is 1. The van der Waals surface area contributed by atoms with E-state index in [9.17, 15) is 4.79 Å². The zero-order valence-electron chi connectivity index (χ0n) is 22.4. The molecule has 5 nitrogen and oxygen atoms in total. The van der Waals surface area contributed by atoms with Crippen molar-refractivity contribution in [3.05, 3.63) is 112 Å². The van der Waals surface area contributed by atoms with E-state index in [-0.39, 0.29) is 5.91 Å². The second-order valence-electron chi connectivity index (χ2n) is 10.5. The first-order valence-corrected chi connectivity index (χ1v) is 14.4. The monoisotopic (exact) mass is 532 g/mol. The smallest absolute Gasteiger partial charge is 0.286 e. The number of aromatic nitrogens is 2. The number of carbonyl (C=O) groups excluding carboxylic acids is 1. The van der Waals surface area contributed by atoms with Gasteiger partial charge >= 0.3 is 0 Å². The summed E-state index contributed by atoms with van der Waals surface area (Å²) >= 11 is 1.49. The summed E-state index contributed by atoms with van der Waals surface area (Å²) in [6, 6.07) is 27.2. The number of benzene rings is 3. The van der Waals surface area contributed by atoms with E-state index in [1.165, 1.54) is 22.9 Å². The van der Waals surface area contributed by atoms with Gasteiger partial charge in [-0.25, -0.2) is 4.68 Å². The van der Waals surface area contributed by atoms with Crippen LogP contribution in [0.4, 0.5) is 0 Å². The molecule has 39 heavy (non-hydrogen) atoms. The van der Waals surface area contributed by atoms with Crippen LogP contribution in [0.3, 0.4) is 0 Å². The number of rotatable bonds is 5. The summed E-state index contributed by atoms with van der Waals surface area (Å²) in [4.78, 5) is 20.5. The Labute approximate surface area is 234 Å². The van der Waals surface area contributed by atoms with Crippen LogP contribution in [-0.4, -0.2) is 38.8 Å². The highest BCUT2D eigenvalue weighted by molar-refractivity contribution is 8.18. The number of amides is 1. The lowest BCUT2D eigenvalue weighted by molar-refractivity contribution is -0.113. The normalized spacial score (nSPS) is 17.2. The van der Waals surface area contributed by atoms with E-state index in [0.29, 0.717) is 10.8 Å². The number of hydrogen-bond acceptors (Lipinski definition) is 4. The van der Waals surface area contributed by atoms with Gasteiger partial charge in [-0.15, -0.1) is 0 Å². The molecule has 0 spiro atoms. The van der Waals surface area contributed by atoms with E-state index in [0.717, 1.165) is 65.6 Å². The summed E-state index contributed by atoms with van der Waals surface area (Å²) in [5, 5.41) is 5.80. The molecule has 1 fully saturated rings. The molecule has 2 aliphatic heterocycles. The Morgan fingerprint density at radius 1 is 0.949 bits per heavy atom. The molecule has 6 heteroatoms. The average molecular weight is 533 g/mol. The van der Waals surface area contributed by atoms with Gasteiger partial charge in [-0.05, 0) is 86.2 Å². The first-order valence-electron chi connectivity index (χ1n) is 13.6. The minimum Gasteiger partial charge on any atom is -0.351 e. The second-order valence-corrected chi connectivity index (χ2v) is 11.5. The number of piperidine rings is 1. The van der Waals surface area contributed by atoms with Gasteiger partial charge in [0.15, 0.2) is 5.17 Å². The van der Waals surface area contributed by atoms with Gasteiger partial charge in [-0.3, -0.25) is 4.79 Å². The van der Waals surface area contributed by atoms with E-state index in [1.807, 2.05) is 47.3 Å². The highest BCUT2D eigenvalue weighted by Crippen LogP contribution is 2.35. The molecule has 4 aromatic rings. The maximum atomic E-state index is 13.1. The average Bonchev–Trinajstić information content (AvgIpc) is 3.55. The van der Waals surface area contributed by atoms with Crippen LogP contribution in [0, 0.1) is 19.8 Å². The molecule has 0 N–H and O–H groups in total. The van der Waals surface area contributed by atoms with Crippen LogP contribution in [0.2, 0.25) is 0 Å². The van der Waals surface area contributed by atoms with E-state index < -0.39 is 0 Å². The van der Waals surface area contributed by atoms with Crippen LogP contribution in [0.5, 0.6) is 0 Å². The second kappa shape index (κ2) is 11.1. The fourth-order valence-electron chi connectivity index (χ4n) is 5.36. The summed E-state index contributed by atoms with van der Waals surface area (Å²) in [6.45, 7) is 6.06. The maximum absolute atomic E-state index is 13.1. The Morgan fingerprint density at radius 3 is 2.41 bits per heavy atom. The molecule has 2 aliphatic rings. The van der Waals surface area contributed by atoms with Gasteiger partial charge in [-0.2, -0.15) is 10.1 Å². The van der Waals surface area contributed by atoms with Crippen LogP contribution in [-0.2, 0) is 11.2 Å². The van der Waals surface area contributed by atoms with Crippen molar-refractivity contribution in [3.8, 4) is 16.9 Å². The highest BCUT2D eigenvalue weighted by atomic mass is 32.2. The fourth-order valence-corrected chi connectivity index (χ4v) is 6.31. The minimum atomic E-state index is -0.166. The van der Waals surface area contributed by atoms with Gasteiger partial charge in [0.1, 0.15) is 5.69 Å². The van der Waals surface area contributed by atoms with Gasteiger partial charge < -0.3 is 4.90 Å². The van der Waals surface area contributed by atoms with Crippen molar-refractivity contribution in [1.29, 1.82) is 0 Å². The van der Waals surface area contributed by atoms with E-state index in [1.54, 1.807) is 0 Å². The van der Waals surface area contributed by atoms with Gasteiger partial charge in [0, 0.05) is 30.4 Å².